The molecule has 23 heavy (non-hydrogen) atoms. The Kier molecular flexibility index (Phi) is 2.89. The second kappa shape index (κ2) is 4.29. The van der Waals surface area contributed by atoms with Gasteiger partial charge in [-0.3, -0.25) is 0 Å². The number of alkyl halides is 3. The van der Waals surface area contributed by atoms with Crippen molar-refractivity contribution in [2.24, 2.45) is 28.6 Å². The van der Waals surface area contributed by atoms with Crippen molar-refractivity contribution in [2.75, 3.05) is 0 Å². The molecule has 0 aliphatic heterocycles. The summed E-state index contributed by atoms with van der Waals surface area (Å²) in [4.78, 5) is 0. The van der Waals surface area contributed by atoms with Crippen LogP contribution in [0.4, 0.5) is 0 Å². The highest BCUT2D eigenvalue weighted by Gasteiger charge is 2.71. The smallest absolute Gasteiger partial charge is 0.0279 e. The number of hydrogen-bond acceptors (Lipinski definition) is 0. The van der Waals surface area contributed by atoms with Gasteiger partial charge in [-0.2, -0.15) is 0 Å². The summed E-state index contributed by atoms with van der Waals surface area (Å²) in [5, 5.41) is 0. The molecule has 8 aliphatic rings. The molecule has 8 bridgehead atoms. The zero-order valence-corrected chi connectivity index (χ0v) is 18.6. The fraction of sp³-hybridized carbons (Fsp3) is 1.00. The quantitative estimate of drug-likeness (QED) is 0.337. The van der Waals surface area contributed by atoms with Crippen molar-refractivity contribution in [2.45, 2.75) is 90.0 Å². The lowest BCUT2D eigenvalue weighted by molar-refractivity contribution is -0.179. The van der Waals surface area contributed by atoms with E-state index in [1.54, 1.807) is 25.7 Å². The largest absolute Gasteiger partial charge is 0.0853 e. The van der Waals surface area contributed by atoms with Crippen molar-refractivity contribution < 1.29 is 0 Å². The molecule has 0 spiro atoms. The van der Waals surface area contributed by atoms with Crippen molar-refractivity contribution in [3.05, 3.63) is 0 Å². The van der Waals surface area contributed by atoms with E-state index >= 15 is 0 Å². The molecule has 3 heteroatoms. The second-order valence-electron chi connectivity index (χ2n) is 11.0. The highest BCUT2D eigenvalue weighted by Crippen LogP contribution is 2.79. The SMILES string of the molecule is BrC12C[C@H]3C[C@@H](C1)CC(C14CC5C[C@@](Br)(C1)C[C@](Br)(C5)C4)(C3)C2. The first-order valence-electron chi connectivity index (χ1n) is 9.79. The van der Waals surface area contributed by atoms with Gasteiger partial charge in [-0.05, 0) is 106 Å². The summed E-state index contributed by atoms with van der Waals surface area (Å²) in [5.74, 6) is 3.03. The molecule has 0 amide bonds. The summed E-state index contributed by atoms with van der Waals surface area (Å²) in [5.41, 5.74) is 1.30. The molecule has 8 atom stereocenters. The van der Waals surface area contributed by atoms with E-state index in [0.29, 0.717) is 23.8 Å². The van der Waals surface area contributed by atoms with Gasteiger partial charge in [0.25, 0.3) is 0 Å². The Morgan fingerprint density at radius 3 is 1.48 bits per heavy atom. The van der Waals surface area contributed by atoms with E-state index in [4.69, 9.17) is 0 Å². The Balaban J connectivity index is 1.48. The van der Waals surface area contributed by atoms with Crippen molar-refractivity contribution in [1.29, 1.82) is 0 Å². The van der Waals surface area contributed by atoms with E-state index in [9.17, 15) is 0 Å². The summed E-state index contributed by atoms with van der Waals surface area (Å²) in [6.45, 7) is 0. The van der Waals surface area contributed by atoms with Crippen molar-refractivity contribution in [3.8, 4) is 0 Å². The maximum atomic E-state index is 4.28. The molecule has 128 valence electrons. The van der Waals surface area contributed by atoms with Gasteiger partial charge in [-0.1, -0.05) is 47.8 Å². The Morgan fingerprint density at radius 2 is 0.957 bits per heavy atom. The molecular formula is C20H27Br3. The Labute approximate surface area is 165 Å². The van der Waals surface area contributed by atoms with E-state index in [-0.39, 0.29) is 0 Å². The normalized spacial score (nSPS) is 68.7. The average Bonchev–Trinajstić information content (AvgIpc) is 2.30. The van der Waals surface area contributed by atoms with Gasteiger partial charge in [-0.15, -0.1) is 0 Å². The average molecular weight is 507 g/mol. The summed E-state index contributed by atoms with van der Waals surface area (Å²) in [6.07, 6.45) is 17.9. The van der Waals surface area contributed by atoms with Gasteiger partial charge in [0.05, 0.1) is 0 Å². The van der Waals surface area contributed by atoms with Crippen LogP contribution in [0.15, 0.2) is 0 Å². The summed E-state index contributed by atoms with van der Waals surface area (Å²) in [7, 11) is 0. The lowest BCUT2D eigenvalue weighted by Gasteiger charge is -2.74. The molecule has 8 aliphatic carbocycles. The third-order valence-corrected chi connectivity index (χ3v) is 11.7. The minimum Gasteiger partial charge on any atom is -0.0853 e. The van der Waals surface area contributed by atoms with Crippen LogP contribution in [0.5, 0.6) is 0 Å². The van der Waals surface area contributed by atoms with E-state index in [2.05, 4.69) is 47.8 Å². The van der Waals surface area contributed by atoms with Gasteiger partial charge in [0.1, 0.15) is 0 Å². The molecule has 0 radical (unpaired) electrons. The van der Waals surface area contributed by atoms with Crippen LogP contribution in [0.25, 0.3) is 0 Å². The van der Waals surface area contributed by atoms with Crippen LogP contribution < -0.4 is 0 Å². The monoisotopic (exact) mass is 504 g/mol. The fourth-order valence-corrected chi connectivity index (χ4v) is 14.5. The zero-order valence-electron chi connectivity index (χ0n) is 13.9. The van der Waals surface area contributed by atoms with E-state index in [1.807, 2.05) is 0 Å². The van der Waals surface area contributed by atoms with Gasteiger partial charge in [0.15, 0.2) is 0 Å². The van der Waals surface area contributed by atoms with E-state index in [0.717, 1.165) is 17.8 Å². The van der Waals surface area contributed by atoms with Crippen LogP contribution in [0, 0.1) is 28.6 Å². The molecule has 0 aromatic carbocycles. The second-order valence-corrected chi connectivity index (χ2v) is 16.0. The van der Waals surface area contributed by atoms with E-state index < -0.39 is 0 Å². The van der Waals surface area contributed by atoms with Crippen molar-refractivity contribution in [1.82, 2.24) is 0 Å². The van der Waals surface area contributed by atoms with Gasteiger partial charge in [0, 0.05) is 13.0 Å². The molecule has 0 saturated heterocycles. The summed E-state index contributed by atoms with van der Waals surface area (Å²) in [6, 6.07) is 0. The standard InChI is InChI=1S/C20H27Br3/c21-18-5-13-1-14(6-18)3-16(2-13,9-18)17-4-15-7-19(22,10-17)12-20(23,8-15)11-17/h13-15H,1-12H2/t13-,14+,15?,16?,17?,18?,19-,20+. The summed E-state index contributed by atoms with van der Waals surface area (Å²) >= 11 is 12.8. The van der Waals surface area contributed by atoms with Crippen molar-refractivity contribution >= 4 is 47.8 Å². The van der Waals surface area contributed by atoms with E-state index in [1.165, 1.54) is 51.4 Å². The molecule has 0 heterocycles. The predicted octanol–water partition coefficient (Wildman–Crippen LogP) is 6.97. The Morgan fingerprint density at radius 1 is 0.478 bits per heavy atom. The van der Waals surface area contributed by atoms with Crippen LogP contribution in [0.3, 0.4) is 0 Å². The van der Waals surface area contributed by atoms with Crippen LogP contribution >= 0.6 is 47.8 Å². The topological polar surface area (TPSA) is 0 Å². The number of halogens is 3. The minimum absolute atomic E-state index is 0.457. The zero-order chi connectivity index (χ0) is 15.7. The third-order valence-electron chi connectivity index (χ3n) is 9.05. The molecule has 0 N–H and O–H groups in total. The number of rotatable bonds is 1. The maximum absolute atomic E-state index is 4.28. The first-order chi connectivity index (χ1) is 10.7. The fourth-order valence-electron chi connectivity index (χ4n) is 9.57. The highest BCUT2D eigenvalue weighted by atomic mass is 79.9. The molecule has 8 saturated carbocycles. The summed E-state index contributed by atoms with van der Waals surface area (Å²) < 4.78 is 1.43. The minimum atomic E-state index is 0.457. The van der Waals surface area contributed by atoms with Crippen LogP contribution in [0.1, 0.15) is 77.0 Å². The molecule has 8 rings (SSSR count). The molecule has 0 aromatic rings. The Hall–Kier alpha value is 1.44. The molecule has 4 unspecified atom stereocenters. The molecule has 0 nitrogen and oxygen atoms in total. The molecule has 8 fully saturated rings. The molecule has 0 aromatic heterocycles. The number of hydrogen-bond donors (Lipinski definition) is 0. The first-order valence-corrected chi connectivity index (χ1v) is 12.2. The van der Waals surface area contributed by atoms with Crippen LogP contribution in [-0.4, -0.2) is 13.0 Å². The van der Waals surface area contributed by atoms with Gasteiger partial charge in [0.2, 0.25) is 0 Å². The molecular weight excluding hydrogens is 480 g/mol. The maximum Gasteiger partial charge on any atom is 0.0279 e. The van der Waals surface area contributed by atoms with Gasteiger partial charge in [-0.25, -0.2) is 0 Å². The van der Waals surface area contributed by atoms with Gasteiger partial charge < -0.3 is 0 Å². The van der Waals surface area contributed by atoms with Gasteiger partial charge >= 0.3 is 0 Å². The van der Waals surface area contributed by atoms with Crippen LogP contribution in [0.2, 0.25) is 0 Å². The lowest BCUT2D eigenvalue weighted by atomic mass is 9.35. The Bertz CT molecular complexity index is 551. The third kappa shape index (κ3) is 2.00. The van der Waals surface area contributed by atoms with Crippen molar-refractivity contribution in [3.63, 3.8) is 0 Å². The van der Waals surface area contributed by atoms with Crippen LogP contribution in [-0.2, 0) is 0 Å². The predicted molar refractivity (Wildman–Crippen MR) is 106 cm³/mol. The lowest BCUT2D eigenvalue weighted by Crippen LogP contribution is -2.67. The highest BCUT2D eigenvalue weighted by molar-refractivity contribution is 9.10. The first kappa shape index (κ1) is 15.5.